The molecule has 0 aromatic carbocycles. The second-order valence-electron chi connectivity index (χ2n) is 4.55. The lowest BCUT2D eigenvalue weighted by Gasteiger charge is -2.19. The molecule has 1 rings (SSSR count). The summed E-state index contributed by atoms with van der Waals surface area (Å²) in [5.74, 6) is 0.906. The van der Waals surface area contributed by atoms with Crippen LogP contribution in [0.15, 0.2) is 24.3 Å². The van der Waals surface area contributed by atoms with Crippen LogP contribution >= 0.6 is 0 Å². The summed E-state index contributed by atoms with van der Waals surface area (Å²) in [5.41, 5.74) is 3.07. The molecule has 0 amide bonds. The van der Waals surface area contributed by atoms with Gasteiger partial charge in [0.25, 0.3) is 0 Å². The van der Waals surface area contributed by atoms with Gasteiger partial charge in [0, 0.05) is 19.3 Å². The Hall–Kier alpha value is -1.35. The highest BCUT2D eigenvalue weighted by atomic mass is 16.3. The highest BCUT2D eigenvalue weighted by molar-refractivity contribution is 5.43. The van der Waals surface area contributed by atoms with E-state index in [-0.39, 0.29) is 6.61 Å². The van der Waals surface area contributed by atoms with E-state index in [0.29, 0.717) is 0 Å². The minimum Gasteiger partial charge on any atom is -0.392 e. The predicted molar refractivity (Wildman–Crippen MR) is 72.2 cm³/mol. The first-order chi connectivity index (χ1) is 8.06. The van der Waals surface area contributed by atoms with Gasteiger partial charge in [-0.05, 0) is 31.0 Å². The summed E-state index contributed by atoms with van der Waals surface area (Å²) in [4.78, 5) is 6.65. The van der Waals surface area contributed by atoms with Crippen molar-refractivity contribution in [1.82, 2.24) is 4.98 Å². The Balaban J connectivity index is 2.96. The Morgan fingerprint density at radius 1 is 1.47 bits per heavy atom. The number of anilines is 1. The number of rotatable bonds is 6. The molecule has 94 valence electrons. The Morgan fingerprint density at radius 2 is 2.18 bits per heavy atom. The van der Waals surface area contributed by atoms with Crippen molar-refractivity contribution in [3.8, 4) is 0 Å². The molecule has 1 aromatic heterocycles. The zero-order valence-corrected chi connectivity index (χ0v) is 11.0. The number of pyridine rings is 1. The van der Waals surface area contributed by atoms with Gasteiger partial charge in [0.05, 0.1) is 6.61 Å². The van der Waals surface area contributed by atoms with Gasteiger partial charge < -0.3 is 10.0 Å². The smallest absolute Gasteiger partial charge is 0.129 e. The molecule has 0 spiro atoms. The monoisotopic (exact) mass is 234 g/mol. The van der Waals surface area contributed by atoms with Crippen LogP contribution in [0.25, 0.3) is 0 Å². The summed E-state index contributed by atoms with van der Waals surface area (Å²) in [5, 5.41) is 9.25. The molecule has 0 aliphatic carbocycles. The van der Waals surface area contributed by atoms with E-state index in [4.69, 9.17) is 0 Å². The van der Waals surface area contributed by atoms with Crippen LogP contribution in [-0.2, 0) is 13.0 Å². The standard InChI is InChI=1S/C14H22N2O/c1-5-6-13-7-12(10-17)8-14(15-13)16(4)9-11(2)3/h7-8,17H,2,5-6,9-10H2,1,3-4H3. The molecule has 1 heterocycles. The maximum Gasteiger partial charge on any atom is 0.129 e. The summed E-state index contributed by atoms with van der Waals surface area (Å²) in [6, 6.07) is 3.91. The first-order valence-electron chi connectivity index (χ1n) is 6.03. The third kappa shape index (κ3) is 4.19. The van der Waals surface area contributed by atoms with Crippen LogP contribution in [-0.4, -0.2) is 23.7 Å². The van der Waals surface area contributed by atoms with Crippen molar-refractivity contribution in [2.75, 3.05) is 18.5 Å². The lowest BCUT2D eigenvalue weighted by molar-refractivity contribution is 0.281. The fourth-order valence-electron chi connectivity index (χ4n) is 1.79. The normalized spacial score (nSPS) is 10.4. The van der Waals surface area contributed by atoms with Crippen LogP contribution in [0.4, 0.5) is 5.82 Å². The van der Waals surface area contributed by atoms with Gasteiger partial charge >= 0.3 is 0 Å². The fourth-order valence-corrected chi connectivity index (χ4v) is 1.79. The largest absolute Gasteiger partial charge is 0.392 e. The van der Waals surface area contributed by atoms with E-state index < -0.39 is 0 Å². The summed E-state index contributed by atoms with van der Waals surface area (Å²) < 4.78 is 0. The van der Waals surface area contributed by atoms with Gasteiger partial charge in [-0.3, -0.25) is 0 Å². The van der Waals surface area contributed by atoms with Crippen molar-refractivity contribution in [3.05, 3.63) is 35.5 Å². The molecule has 0 radical (unpaired) electrons. The third-order valence-electron chi connectivity index (χ3n) is 2.51. The Morgan fingerprint density at radius 3 is 2.71 bits per heavy atom. The molecule has 3 nitrogen and oxygen atoms in total. The maximum atomic E-state index is 9.25. The molecule has 1 N–H and O–H groups in total. The third-order valence-corrected chi connectivity index (χ3v) is 2.51. The number of hydrogen-bond donors (Lipinski definition) is 1. The first kappa shape index (κ1) is 13.7. The van der Waals surface area contributed by atoms with Gasteiger partial charge in [0.2, 0.25) is 0 Å². The number of likely N-dealkylation sites (N-methyl/N-ethyl adjacent to an activating group) is 1. The zero-order valence-electron chi connectivity index (χ0n) is 11.0. The lowest BCUT2D eigenvalue weighted by Crippen LogP contribution is -2.21. The second-order valence-corrected chi connectivity index (χ2v) is 4.55. The topological polar surface area (TPSA) is 36.4 Å². The average Bonchev–Trinajstić information content (AvgIpc) is 2.28. The number of aryl methyl sites for hydroxylation is 1. The van der Waals surface area contributed by atoms with Gasteiger partial charge in [0.15, 0.2) is 0 Å². The zero-order chi connectivity index (χ0) is 12.8. The van der Waals surface area contributed by atoms with Crippen LogP contribution < -0.4 is 4.90 Å². The van der Waals surface area contributed by atoms with Crippen LogP contribution in [0.3, 0.4) is 0 Å². The van der Waals surface area contributed by atoms with Gasteiger partial charge in [-0.15, -0.1) is 0 Å². The molecular formula is C14H22N2O. The molecule has 0 aliphatic rings. The SMILES string of the molecule is C=C(C)CN(C)c1cc(CO)cc(CCC)n1. The van der Waals surface area contributed by atoms with E-state index >= 15 is 0 Å². The van der Waals surface area contributed by atoms with Crippen LogP contribution in [0.1, 0.15) is 31.5 Å². The van der Waals surface area contributed by atoms with Crippen LogP contribution in [0, 0.1) is 0 Å². The predicted octanol–water partition coefficient (Wildman–Crippen LogP) is 2.54. The van der Waals surface area contributed by atoms with Crippen molar-refractivity contribution in [2.24, 2.45) is 0 Å². The van der Waals surface area contributed by atoms with E-state index in [2.05, 4.69) is 23.4 Å². The van der Waals surface area contributed by atoms with Crippen molar-refractivity contribution < 1.29 is 5.11 Å². The molecule has 1 aromatic rings. The quantitative estimate of drug-likeness (QED) is 0.768. The van der Waals surface area contributed by atoms with E-state index in [1.54, 1.807) is 0 Å². The summed E-state index contributed by atoms with van der Waals surface area (Å²) in [7, 11) is 1.99. The number of aromatic nitrogens is 1. The number of hydrogen-bond acceptors (Lipinski definition) is 3. The van der Waals surface area contributed by atoms with Gasteiger partial charge in [-0.2, -0.15) is 0 Å². The highest BCUT2D eigenvalue weighted by Crippen LogP contribution is 2.16. The number of nitrogens with zero attached hydrogens (tertiary/aromatic N) is 2. The fraction of sp³-hybridized carbons (Fsp3) is 0.500. The maximum absolute atomic E-state index is 9.25. The average molecular weight is 234 g/mol. The van der Waals surface area contributed by atoms with Crippen molar-refractivity contribution >= 4 is 5.82 Å². The molecular weight excluding hydrogens is 212 g/mol. The van der Waals surface area contributed by atoms with E-state index in [1.165, 1.54) is 0 Å². The Kier molecular flexibility index (Phi) is 5.16. The van der Waals surface area contributed by atoms with E-state index in [1.807, 2.05) is 26.1 Å². The van der Waals surface area contributed by atoms with Crippen molar-refractivity contribution in [2.45, 2.75) is 33.3 Å². The van der Waals surface area contributed by atoms with Gasteiger partial charge in [-0.1, -0.05) is 25.5 Å². The summed E-state index contributed by atoms with van der Waals surface area (Å²) in [6.07, 6.45) is 2.01. The van der Waals surface area contributed by atoms with Crippen molar-refractivity contribution in [1.29, 1.82) is 0 Å². The lowest BCUT2D eigenvalue weighted by atomic mass is 10.1. The minimum atomic E-state index is 0.0626. The van der Waals surface area contributed by atoms with Crippen molar-refractivity contribution in [3.63, 3.8) is 0 Å². The Labute approximate surface area is 104 Å². The second kappa shape index (κ2) is 6.40. The van der Waals surface area contributed by atoms with Gasteiger partial charge in [0.1, 0.15) is 5.82 Å². The van der Waals surface area contributed by atoms with Crippen LogP contribution in [0.5, 0.6) is 0 Å². The molecule has 17 heavy (non-hydrogen) atoms. The Bertz CT molecular complexity index is 388. The molecule has 0 unspecified atom stereocenters. The molecule has 3 heteroatoms. The van der Waals surface area contributed by atoms with E-state index in [0.717, 1.165) is 42.0 Å². The molecule has 0 bridgehead atoms. The number of aliphatic hydroxyl groups excluding tert-OH is 1. The summed E-state index contributed by atoms with van der Waals surface area (Å²) in [6.45, 7) is 8.88. The first-order valence-corrected chi connectivity index (χ1v) is 6.03. The van der Waals surface area contributed by atoms with Gasteiger partial charge in [-0.25, -0.2) is 4.98 Å². The molecule has 0 fully saturated rings. The molecule has 0 saturated heterocycles. The minimum absolute atomic E-state index is 0.0626. The summed E-state index contributed by atoms with van der Waals surface area (Å²) >= 11 is 0. The van der Waals surface area contributed by atoms with E-state index in [9.17, 15) is 5.11 Å². The van der Waals surface area contributed by atoms with Crippen LogP contribution in [0.2, 0.25) is 0 Å². The molecule has 0 saturated carbocycles. The molecule has 0 atom stereocenters. The molecule has 0 aliphatic heterocycles. The highest BCUT2D eigenvalue weighted by Gasteiger charge is 2.06. The number of aliphatic hydroxyl groups is 1.